The van der Waals surface area contributed by atoms with Gasteiger partial charge in [-0.1, -0.05) is 37.1 Å². The molecule has 0 aliphatic heterocycles. The highest BCUT2D eigenvalue weighted by Crippen LogP contribution is 2.29. The van der Waals surface area contributed by atoms with Crippen molar-refractivity contribution >= 4 is 11.6 Å². The maximum atomic E-state index is 6.03. The minimum atomic E-state index is 0.717. The fraction of sp³-hybridized carbons (Fsp3) is 0.600. The van der Waals surface area contributed by atoms with Crippen LogP contribution in [-0.2, 0) is 6.42 Å². The molecule has 17 heavy (non-hydrogen) atoms. The predicted octanol–water partition coefficient (Wildman–Crippen LogP) is 4.05. The molecule has 1 aromatic rings. The summed E-state index contributed by atoms with van der Waals surface area (Å²) in [6, 6.07) is 9.03. The maximum Gasteiger partial charge on any atom is 0.0408 e. The van der Waals surface area contributed by atoms with Gasteiger partial charge in [-0.25, -0.2) is 0 Å². The van der Waals surface area contributed by atoms with Gasteiger partial charge in [0.25, 0.3) is 0 Å². The van der Waals surface area contributed by atoms with E-state index in [-0.39, 0.29) is 0 Å². The summed E-state index contributed by atoms with van der Waals surface area (Å²) in [5, 5.41) is 4.54. The highest BCUT2D eigenvalue weighted by atomic mass is 35.5. The molecular formula is C15H22ClN. The van der Waals surface area contributed by atoms with Crippen LogP contribution in [0.15, 0.2) is 24.3 Å². The van der Waals surface area contributed by atoms with E-state index in [1.54, 1.807) is 0 Å². The molecule has 1 nitrogen and oxygen atoms in total. The van der Waals surface area contributed by atoms with E-state index in [1.807, 2.05) is 6.07 Å². The van der Waals surface area contributed by atoms with Crippen molar-refractivity contribution in [1.29, 1.82) is 0 Å². The smallest absolute Gasteiger partial charge is 0.0408 e. The molecule has 2 heteroatoms. The van der Waals surface area contributed by atoms with Crippen LogP contribution in [0.1, 0.15) is 38.2 Å². The van der Waals surface area contributed by atoms with E-state index in [0.29, 0.717) is 6.04 Å². The van der Waals surface area contributed by atoms with Gasteiger partial charge in [-0.05, 0) is 55.8 Å². The van der Waals surface area contributed by atoms with Crippen LogP contribution in [0.5, 0.6) is 0 Å². The fourth-order valence-electron chi connectivity index (χ4n) is 2.85. The third-order valence-corrected chi connectivity index (χ3v) is 3.94. The van der Waals surface area contributed by atoms with Crippen molar-refractivity contribution in [3.8, 4) is 0 Å². The van der Waals surface area contributed by atoms with Crippen LogP contribution < -0.4 is 5.32 Å². The third kappa shape index (κ3) is 3.72. The quantitative estimate of drug-likeness (QED) is 0.833. The van der Waals surface area contributed by atoms with Crippen LogP contribution in [0.3, 0.4) is 0 Å². The van der Waals surface area contributed by atoms with Crippen LogP contribution in [0, 0.1) is 5.92 Å². The lowest BCUT2D eigenvalue weighted by Crippen LogP contribution is -2.33. The van der Waals surface area contributed by atoms with Gasteiger partial charge in [0, 0.05) is 11.1 Å². The largest absolute Gasteiger partial charge is 0.314 e. The Balaban J connectivity index is 1.93. The molecule has 0 aromatic heterocycles. The molecule has 1 N–H and O–H groups in total. The zero-order valence-corrected chi connectivity index (χ0v) is 11.3. The summed E-state index contributed by atoms with van der Waals surface area (Å²) in [6.07, 6.45) is 6.45. The molecule has 2 rings (SSSR count). The van der Waals surface area contributed by atoms with Gasteiger partial charge in [0.15, 0.2) is 0 Å². The Kier molecular flexibility index (Phi) is 4.87. The molecule has 94 valence electrons. The first-order valence-electron chi connectivity index (χ1n) is 6.77. The number of hydrogen-bond acceptors (Lipinski definition) is 1. The Morgan fingerprint density at radius 3 is 3.00 bits per heavy atom. The molecule has 1 aromatic carbocycles. The van der Waals surface area contributed by atoms with E-state index < -0.39 is 0 Å². The minimum Gasteiger partial charge on any atom is -0.314 e. The third-order valence-electron chi connectivity index (χ3n) is 3.70. The average Bonchev–Trinajstić information content (AvgIpc) is 2.74. The fourth-order valence-corrected chi connectivity index (χ4v) is 3.06. The van der Waals surface area contributed by atoms with E-state index in [2.05, 4.69) is 30.4 Å². The molecule has 1 saturated carbocycles. The van der Waals surface area contributed by atoms with Gasteiger partial charge >= 0.3 is 0 Å². The van der Waals surface area contributed by atoms with E-state index >= 15 is 0 Å². The van der Waals surface area contributed by atoms with E-state index in [9.17, 15) is 0 Å². The first-order chi connectivity index (χ1) is 8.29. The summed E-state index contributed by atoms with van der Waals surface area (Å²) < 4.78 is 0. The van der Waals surface area contributed by atoms with Gasteiger partial charge in [-0.15, -0.1) is 0 Å². The molecule has 0 radical (unpaired) electrons. The first kappa shape index (κ1) is 12.9. The molecule has 0 spiro atoms. The van der Waals surface area contributed by atoms with Crippen LogP contribution >= 0.6 is 11.6 Å². The molecule has 1 fully saturated rings. The second-order valence-corrected chi connectivity index (χ2v) is 5.52. The van der Waals surface area contributed by atoms with Crippen molar-refractivity contribution in [2.75, 3.05) is 6.54 Å². The van der Waals surface area contributed by atoms with E-state index in [1.165, 1.54) is 37.7 Å². The molecule has 0 heterocycles. The summed E-state index contributed by atoms with van der Waals surface area (Å²) in [6.45, 7) is 3.38. The summed E-state index contributed by atoms with van der Waals surface area (Å²) in [5.74, 6) is 0.792. The van der Waals surface area contributed by atoms with Gasteiger partial charge in [0.05, 0.1) is 0 Å². The van der Waals surface area contributed by atoms with Gasteiger partial charge < -0.3 is 5.32 Å². The van der Waals surface area contributed by atoms with Gasteiger partial charge in [-0.3, -0.25) is 0 Å². The van der Waals surface area contributed by atoms with Crippen molar-refractivity contribution in [2.24, 2.45) is 5.92 Å². The summed E-state index contributed by atoms with van der Waals surface area (Å²) in [4.78, 5) is 0. The predicted molar refractivity (Wildman–Crippen MR) is 74.6 cm³/mol. The molecular weight excluding hydrogens is 230 g/mol. The standard InChI is InChI=1S/C15H22ClN/c1-2-9-17-15-8-4-6-13(15)10-12-5-3-7-14(16)11-12/h3,5,7,11,13,15,17H,2,4,6,8-10H2,1H3. The normalized spacial score (nSPS) is 24.1. The second-order valence-electron chi connectivity index (χ2n) is 5.09. The molecule has 1 aliphatic carbocycles. The zero-order chi connectivity index (χ0) is 12.1. The Labute approximate surface area is 110 Å². The Morgan fingerprint density at radius 1 is 1.35 bits per heavy atom. The Hall–Kier alpha value is -0.530. The van der Waals surface area contributed by atoms with Crippen molar-refractivity contribution in [2.45, 2.75) is 45.1 Å². The van der Waals surface area contributed by atoms with E-state index in [0.717, 1.165) is 17.5 Å². The highest BCUT2D eigenvalue weighted by molar-refractivity contribution is 6.30. The monoisotopic (exact) mass is 251 g/mol. The number of rotatable bonds is 5. The Bertz CT molecular complexity index is 351. The van der Waals surface area contributed by atoms with Crippen LogP contribution in [0.4, 0.5) is 0 Å². The minimum absolute atomic E-state index is 0.717. The van der Waals surface area contributed by atoms with Gasteiger partial charge in [0.2, 0.25) is 0 Å². The number of halogens is 1. The average molecular weight is 252 g/mol. The highest BCUT2D eigenvalue weighted by Gasteiger charge is 2.26. The number of hydrogen-bond donors (Lipinski definition) is 1. The number of benzene rings is 1. The SMILES string of the molecule is CCCNC1CCCC1Cc1cccc(Cl)c1. The topological polar surface area (TPSA) is 12.0 Å². The second kappa shape index (κ2) is 6.42. The lowest BCUT2D eigenvalue weighted by atomic mass is 9.94. The molecule has 1 aliphatic rings. The summed E-state index contributed by atoms with van der Waals surface area (Å²) >= 11 is 6.03. The number of nitrogens with one attached hydrogen (secondary N) is 1. The van der Waals surface area contributed by atoms with Gasteiger partial charge in [-0.2, -0.15) is 0 Å². The lowest BCUT2D eigenvalue weighted by Gasteiger charge is -2.21. The van der Waals surface area contributed by atoms with Crippen molar-refractivity contribution < 1.29 is 0 Å². The first-order valence-corrected chi connectivity index (χ1v) is 7.15. The van der Waals surface area contributed by atoms with Crippen molar-refractivity contribution in [1.82, 2.24) is 5.32 Å². The maximum absolute atomic E-state index is 6.03. The van der Waals surface area contributed by atoms with Crippen LogP contribution in [-0.4, -0.2) is 12.6 Å². The van der Waals surface area contributed by atoms with Crippen molar-refractivity contribution in [3.63, 3.8) is 0 Å². The summed E-state index contributed by atoms with van der Waals surface area (Å²) in [7, 11) is 0. The molecule has 0 amide bonds. The van der Waals surface area contributed by atoms with Gasteiger partial charge in [0.1, 0.15) is 0 Å². The summed E-state index contributed by atoms with van der Waals surface area (Å²) in [5.41, 5.74) is 1.38. The molecule has 0 saturated heterocycles. The van der Waals surface area contributed by atoms with E-state index in [4.69, 9.17) is 11.6 Å². The van der Waals surface area contributed by atoms with Crippen LogP contribution in [0.2, 0.25) is 5.02 Å². The molecule has 2 atom stereocenters. The zero-order valence-electron chi connectivity index (χ0n) is 10.6. The van der Waals surface area contributed by atoms with Crippen LogP contribution in [0.25, 0.3) is 0 Å². The lowest BCUT2D eigenvalue weighted by molar-refractivity contribution is 0.399. The molecule has 0 bridgehead atoms. The van der Waals surface area contributed by atoms with Crippen molar-refractivity contribution in [3.05, 3.63) is 34.9 Å². The Morgan fingerprint density at radius 2 is 2.24 bits per heavy atom. The molecule has 2 unspecified atom stereocenters.